The van der Waals surface area contributed by atoms with Gasteiger partial charge in [0.15, 0.2) is 0 Å². The van der Waals surface area contributed by atoms with Crippen LogP contribution in [-0.2, 0) is 15.7 Å². The first-order valence-corrected chi connectivity index (χ1v) is 15.1. The summed E-state index contributed by atoms with van der Waals surface area (Å²) in [4.78, 5) is 33.7. The van der Waals surface area contributed by atoms with Crippen LogP contribution in [0.4, 0.5) is 27.8 Å². The van der Waals surface area contributed by atoms with Crippen LogP contribution in [0.5, 0.6) is 0 Å². The summed E-state index contributed by atoms with van der Waals surface area (Å²) in [6, 6.07) is 0.633. The number of benzene rings is 2. The largest absolute Gasteiger partial charge is 0.417 e. The van der Waals surface area contributed by atoms with Gasteiger partial charge < -0.3 is 14.5 Å². The lowest BCUT2D eigenvalue weighted by atomic mass is 9.95. The Morgan fingerprint density at radius 2 is 1.95 bits per heavy atom. The van der Waals surface area contributed by atoms with Crippen LogP contribution in [-0.4, -0.2) is 70.8 Å². The fourth-order valence-corrected chi connectivity index (χ4v) is 7.63. The molecule has 3 atom stereocenters. The second-order valence-corrected chi connectivity index (χ2v) is 12.1. The first-order valence-electron chi connectivity index (χ1n) is 13.1. The number of methoxy groups -OCH3 is 1. The van der Waals surface area contributed by atoms with E-state index >= 15 is 4.39 Å². The van der Waals surface area contributed by atoms with Gasteiger partial charge in [0, 0.05) is 65.2 Å². The summed E-state index contributed by atoms with van der Waals surface area (Å²) in [5, 5.41) is -0.539. The molecule has 1 amide bonds. The molecule has 2 aliphatic rings. The highest BCUT2D eigenvalue weighted by Gasteiger charge is 2.41. The van der Waals surface area contributed by atoms with Crippen LogP contribution in [0, 0.1) is 11.6 Å². The van der Waals surface area contributed by atoms with E-state index in [1.165, 1.54) is 17.8 Å². The Kier molecular flexibility index (Phi) is 8.78. The fraction of sp³-hybridized carbons (Fsp3) is 0.393. The third-order valence-corrected chi connectivity index (χ3v) is 9.55. The number of thioether (sulfide) groups is 1. The zero-order valence-corrected chi connectivity index (χ0v) is 25.4. The Morgan fingerprint density at radius 3 is 2.58 bits per heavy atom. The van der Waals surface area contributed by atoms with Gasteiger partial charge in [-0.3, -0.25) is 9.36 Å². The number of thiol groups is 1. The number of amides is 1. The van der Waals surface area contributed by atoms with Crippen LogP contribution in [0.1, 0.15) is 18.5 Å². The molecule has 2 aliphatic heterocycles. The van der Waals surface area contributed by atoms with E-state index in [9.17, 15) is 27.2 Å². The van der Waals surface area contributed by atoms with Gasteiger partial charge in [0.05, 0.1) is 34.8 Å². The van der Waals surface area contributed by atoms with Gasteiger partial charge in [-0.2, -0.15) is 30.8 Å². The molecule has 1 saturated heterocycles. The van der Waals surface area contributed by atoms with Crippen molar-refractivity contribution in [2.45, 2.75) is 36.1 Å². The number of alkyl halides is 3. The lowest BCUT2D eigenvalue weighted by Gasteiger charge is -2.45. The van der Waals surface area contributed by atoms with E-state index in [0.717, 1.165) is 23.9 Å². The van der Waals surface area contributed by atoms with Crippen LogP contribution in [0.15, 0.2) is 40.5 Å². The lowest BCUT2D eigenvalue weighted by Crippen LogP contribution is -2.60. The van der Waals surface area contributed by atoms with Crippen molar-refractivity contribution < 1.29 is 31.5 Å². The number of halogens is 6. The quantitative estimate of drug-likeness (QED) is 0.155. The van der Waals surface area contributed by atoms with Gasteiger partial charge >= 0.3 is 11.9 Å². The summed E-state index contributed by atoms with van der Waals surface area (Å²) < 4.78 is 80.2. The summed E-state index contributed by atoms with van der Waals surface area (Å²) in [7, 11) is 1.43. The summed E-state index contributed by atoms with van der Waals surface area (Å²) >= 11 is 11.3. The number of ether oxygens (including phenoxy) is 1. The number of anilines is 1. The molecule has 3 aromatic rings. The molecule has 3 heterocycles. The van der Waals surface area contributed by atoms with Crippen molar-refractivity contribution in [2.75, 3.05) is 43.2 Å². The molecule has 230 valence electrons. The first-order chi connectivity index (χ1) is 20.3. The summed E-state index contributed by atoms with van der Waals surface area (Å²) in [6.45, 7) is 5.67. The van der Waals surface area contributed by atoms with Crippen molar-refractivity contribution in [1.82, 2.24) is 14.5 Å². The minimum atomic E-state index is -4.98. The summed E-state index contributed by atoms with van der Waals surface area (Å²) in [6.07, 6.45) is -3.80. The molecule has 2 aromatic carbocycles. The molecule has 43 heavy (non-hydrogen) atoms. The molecule has 15 heteroatoms. The average Bonchev–Trinajstić information content (AvgIpc) is 2.95. The van der Waals surface area contributed by atoms with Gasteiger partial charge in [-0.15, -0.1) is 11.8 Å². The molecule has 0 spiro atoms. The third kappa shape index (κ3) is 5.51. The highest BCUT2D eigenvalue weighted by Crippen LogP contribution is 2.50. The molecule has 7 nitrogen and oxygen atoms in total. The fourth-order valence-electron chi connectivity index (χ4n) is 5.86. The topological polar surface area (TPSA) is 67.7 Å². The van der Waals surface area contributed by atoms with E-state index in [0.29, 0.717) is 6.07 Å². The Hall–Kier alpha value is -2.81. The molecule has 0 saturated carbocycles. The first kappa shape index (κ1) is 31.6. The standard InChI is InChI=1S/C28H26ClF5N4O3S2/c1-4-22(39)37-13(2)8-36(9-14(37)11-42)26-17-5-18(28(32,33)34)23(16-6-19(29)21(31)7-20(16)30)25-24(17)38(27(40)35-26)15(10-41-3)12-43-25/h4-7,13-15,42H,1,8-12H2,2-3H3/t13?,14?,15-/m0/s1. The molecular weight excluding hydrogens is 635 g/mol. The van der Waals surface area contributed by atoms with Crippen LogP contribution in [0.25, 0.3) is 22.0 Å². The van der Waals surface area contributed by atoms with Crippen molar-refractivity contribution >= 4 is 58.6 Å². The second-order valence-electron chi connectivity index (χ2n) is 10.3. The minimum Gasteiger partial charge on any atom is -0.383 e. The van der Waals surface area contributed by atoms with Gasteiger partial charge in [0.2, 0.25) is 5.91 Å². The number of carbonyl (C=O) groups excluding carboxylic acids is 1. The summed E-state index contributed by atoms with van der Waals surface area (Å²) in [5.41, 5.74) is -2.90. The predicted octanol–water partition coefficient (Wildman–Crippen LogP) is 5.83. The maximum atomic E-state index is 15.2. The molecule has 2 unspecified atom stereocenters. The predicted molar refractivity (Wildman–Crippen MR) is 159 cm³/mol. The molecular formula is C28H26ClF5N4O3S2. The van der Waals surface area contributed by atoms with Crippen LogP contribution < -0.4 is 10.6 Å². The molecule has 5 rings (SSSR count). The highest BCUT2D eigenvalue weighted by molar-refractivity contribution is 7.99. The van der Waals surface area contributed by atoms with Crippen LogP contribution in [0.3, 0.4) is 0 Å². The molecule has 0 bridgehead atoms. The lowest BCUT2D eigenvalue weighted by molar-refractivity contribution is -0.137. The SMILES string of the molecule is C=CC(=O)N1C(C)CN(c2nc(=O)n3c4c(c(-c5cc(Cl)c(F)cc5F)c(C(F)(F)F)cc24)SC[C@@H]3COC)CC1CS. The normalized spacial score (nSPS) is 20.5. The van der Waals surface area contributed by atoms with Gasteiger partial charge in [0.1, 0.15) is 17.5 Å². The number of piperazine rings is 1. The number of hydrogen-bond donors (Lipinski definition) is 1. The Labute approximate surface area is 258 Å². The zero-order valence-electron chi connectivity index (χ0n) is 22.9. The van der Waals surface area contributed by atoms with Crippen molar-refractivity contribution in [1.29, 1.82) is 0 Å². The van der Waals surface area contributed by atoms with Crippen molar-refractivity contribution in [3.63, 3.8) is 0 Å². The zero-order chi connectivity index (χ0) is 31.4. The third-order valence-electron chi connectivity index (χ3n) is 7.60. The number of nitrogens with zero attached hydrogens (tertiary/aromatic N) is 4. The van der Waals surface area contributed by atoms with Crippen molar-refractivity contribution in [2.24, 2.45) is 0 Å². The summed E-state index contributed by atoms with van der Waals surface area (Å²) in [5.74, 6) is -2.32. The number of aromatic nitrogens is 2. The Bertz CT molecular complexity index is 1690. The van der Waals surface area contributed by atoms with Crippen molar-refractivity contribution in [3.05, 3.63) is 63.6 Å². The van der Waals surface area contributed by atoms with E-state index in [1.807, 2.05) is 0 Å². The highest BCUT2D eigenvalue weighted by atomic mass is 35.5. The Morgan fingerprint density at radius 1 is 1.23 bits per heavy atom. The van der Waals surface area contributed by atoms with Gasteiger partial charge in [0.25, 0.3) is 0 Å². The van der Waals surface area contributed by atoms with Gasteiger partial charge in [-0.05, 0) is 25.1 Å². The van der Waals surface area contributed by atoms with Crippen LogP contribution in [0.2, 0.25) is 5.02 Å². The number of carbonyl (C=O) groups is 1. The average molecular weight is 661 g/mol. The van der Waals surface area contributed by atoms with Crippen molar-refractivity contribution in [3.8, 4) is 11.1 Å². The maximum Gasteiger partial charge on any atom is 0.417 e. The van der Waals surface area contributed by atoms with E-state index in [2.05, 4.69) is 24.2 Å². The van der Waals surface area contributed by atoms with E-state index in [1.54, 1.807) is 16.7 Å². The second kappa shape index (κ2) is 11.9. The minimum absolute atomic E-state index is 0.00448. The molecule has 1 aromatic heterocycles. The molecule has 0 aliphatic carbocycles. The molecule has 0 radical (unpaired) electrons. The van der Waals surface area contributed by atoms with Crippen LogP contribution >= 0.6 is 36.0 Å². The monoisotopic (exact) mass is 660 g/mol. The number of hydrogen-bond acceptors (Lipinski definition) is 7. The van der Waals surface area contributed by atoms with E-state index in [-0.39, 0.29) is 58.7 Å². The smallest absolute Gasteiger partial charge is 0.383 e. The maximum absolute atomic E-state index is 15.2. The molecule has 1 fully saturated rings. The van der Waals surface area contributed by atoms with Gasteiger partial charge in [-0.1, -0.05) is 18.2 Å². The van der Waals surface area contributed by atoms with E-state index in [4.69, 9.17) is 16.3 Å². The molecule has 0 N–H and O–H groups in total. The van der Waals surface area contributed by atoms with E-state index < -0.39 is 63.3 Å². The van der Waals surface area contributed by atoms with Gasteiger partial charge in [-0.25, -0.2) is 13.6 Å². The Balaban J connectivity index is 1.85. The number of rotatable bonds is 6.